The molecule has 0 fully saturated rings. The van der Waals surface area contributed by atoms with Crippen molar-refractivity contribution in [2.75, 3.05) is 6.54 Å². The van der Waals surface area contributed by atoms with Gasteiger partial charge in [0.1, 0.15) is 0 Å². The molecule has 0 unspecified atom stereocenters. The zero-order valence-electron chi connectivity index (χ0n) is 9.72. The third kappa shape index (κ3) is 3.25. The molecule has 0 radical (unpaired) electrons. The third-order valence-corrected chi connectivity index (χ3v) is 3.56. The highest BCUT2D eigenvalue weighted by atomic mass is 32.1. The van der Waals surface area contributed by atoms with Gasteiger partial charge in [-0.15, -0.1) is 11.3 Å². The van der Waals surface area contributed by atoms with E-state index in [1.165, 1.54) is 21.2 Å². The van der Waals surface area contributed by atoms with Crippen LogP contribution in [0, 0.1) is 6.92 Å². The first-order valence-corrected chi connectivity index (χ1v) is 6.41. The molecule has 2 rings (SSSR count). The Hall–Kier alpha value is -1.46. The zero-order chi connectivity index (χ0) is 12.1. The summed E-state index contributed by atoms with van der Waals surface area (Å²) >= 11 is 1.75. The highest BCUT2D eigenvalue weighted by Crippen LogP contribution is 2.14. The Morgan fingerprint density at radius 3 is 3.06 bits per heavy atom. The molecule has 0 atom stereocenters. The molecule has 0 amide bonds. The predicted octanol–water partition coefficient (Wildman–Crippen LogP) is 1.40. The van der Waals surface area contributed by atoms with Gasteiger partial charge in [-0.2, -0.15) is 5.10 Å². The van der Waals surface area contributed by atoms with E-state index in [9.17, 15) is 4.79 Å². The van der Waals surface area contributed by atoms with Gasteiger partial charge in [-0.25, -0.2) is 4.68 Å². The van der Waals surface area contributed by atoms with Crippen molar-refractivity contribution in [1.29, 1.82) is 0 Å². The van der Waals surface area contributed by atoms with Crippen LogP contribution in [0.2, 0.25) is 0 Å². The molecule has 5 heteroatoms. The molecule has 2 aromatic rings. The number of nitrogens with zero attached hydrogens (tertiary/aromatic N) is 2. The molecule has 2 aromatic heterocycles. The lowest BCUT2D eigenvalue weighted by molar-refractivity contribution is 0.533. The van der Waals surface area contributed by atoms with Crippen LogP contribution in [0.5, 0.6) is 0 Å². The van der Waals surface area contributed by atoms with E-state index in [-0.39, 0.29) is 5.56 Å². The molecule has 0 aromatic carbocycles. The van der Waals surface area contributed by atoms with Crippen LogP contribution in [0.4, 0.5) is 0 Å². The lowest BCUT2D eigenvalue weighted by Crippen LogP contribution is -2.27. The molecule has 1 N–H and O–H groups in total. The number of hydrogen-bond donors (Lipinski definition) is 1. The molecule has 0 aliphatic carbocycles. The van der Waals surface area contributed by atoms with Crippen LogP contribution in [0.15, 0.2) is 34.6 Å². The maximum atomic E-state index is 11.4. The summed E-state index contributed by atoms with van der Waals surface area (Å²) in [4.78, 5) is 12.7. The van der Waals surface area contributed by atoms with Crippen molar-refractivity contribution in [3.05, 3.63) is 50.6 Å². The van der Waals surface area contributed by atoms with Crippen LogP contribution in [0.25, 0.3) is 0 Å². The largest absolute Gasteiger partial charge is 0.310 e. The number of aryl methyl sites for hydroxylation is 1. The Balaban J connectivity index is 1.79. The smallest absolute Gasteiger partial charge is 0.266 e. The fraction of sp³-hybridized carbons (Fsp3) is 0.333. The molecule has 2 heterocycles. The number of hydrogen-bond acceptors (Lipinski definition) is 4. The van der Waals surface area contributed by atoms with E-state index in [4.69, 9.17) is 0 Å². The average molecular weight is 249 g/mol. The zero-order valence-corrected chi connectivity index (χ0v) is 10.5. The van der Waals surface area contributed by atoms with E-state index in [1.54, 1.807) is 23.6 Å². The summed E-state index contributed by atoms with van der Waals surface area (Å²) in [7, 11) is 0. The van der Waals surface area contributed by atoms with Crippen LogP contribution in [0.3, 0.4) is 0 Å². The van der Waals surface area contributed by atoms with E-state index in [2.05, 4.69) is 28.8 Å². The molecule has 4 nitrogen and oxygen atoms in total. The Labute approximate surface area is 104 Å². The van der Waals surface area contributed by atoms with Crippen molar-refractivity contribution in [2.24, 2.45) is 0 Å². The van der Waals surface area contributed by atoms with Gasteiger partial charge >= 0.3 is 0 Å². The van der Waals surface area contributed by atoms with Crippen LogP contribution in [-0.2, 0) is 13.1 Å². The van der Waals surface area contributed by atoms with Crippen molar-refractivity contribution in [3.8, 4) is 0 Å². The molecule has 0 aliphatic rings. The molecule has 90 valence electrons. The molecule has 0 saturated heterocycles. The predicted molar refractivity (Wildman–Crippen MR) is 69.3 cm³/mol. The van der Waals surface area contributed by atoms with Gasteiger partial charge in [0.05, 0.1) is 6.54 Å². The summed E-state index contributed by atoms with van der Waals surface area (Å²) in [6, 6.07) is 5.29. The normalized spacial score (nSPS) is 10.6. The van der Waals surface area contributed by atoms with Crippen LogP contribution >= 0.6 is 11.3 Å². The van der Waals surface area contributed by atoms with E-state index in [1.807, 2.05) is 0 Å². The number of rotatable bonds is 5. The van der Waals surface area contributed by atoms with E-state index in [0.717, 1.165) is 13.1 Å². The summed E-state index contributed by atoms with van der Waals surface area (Å²) in [6.07, 6.45) is 1.63. The number of nitrogens with one attached hydrogen (secondary N) is 1. The van der Waals surface area contributed by atoms with Crippen molar-refractivity contribution in [2.45, 2.75) is 20.0 Å². The maximum Gasteiger partial charge on any atom is 0.266 e. The minimum atomic E-state index is -0.0541. The van der Waals surface area contributed by atoms with Crippen molar-refractivity contribution < 1.29 is 0 Å². The van der Waals surface area contributed by atoms with Gasteiger partial charge in [0, 0.05) is 30.2 Å². The molecule has 0 aliphatic heterocycles. The van der Waals surface area contributed by atoms with Crippen molar-refractivity contribution in [1.82, 2.24) is 15.1 Å². The quantitative estimate of drug-likeness (QED) is 0.815. The molecule has 17 heavy (non-hydrogen) atoms. The van der Waals surface area contributed by atoms with Crippen LogP contribution in [-0.4, -0.2) is 16.3 Å². The first-order valence-electron chi connectivity index (χ1n) is 5.53. The SMILES string of the molecule is Cc1ccsc1CNCCn1ncccc1=O. The van der Waals surface area contributed by atoms with Gasteiger partial charge in [0.25, 0.3) is 5.56 Å². The summed E-state index contributed by atoms with van der Waals surface area (Å²) < 4.78 is 1.47. The summed E-state index contributed by atoms with van der Waals surface area (Å²) in [5.74, 6) is 0. The second-order valence-corrected chi connectivity index (χ2v) is 4.79. The van der Waals surface area contributed by atoms with Crippen molar-refractivity contribution >= 4 is 11.3 Å². The monoisotopic (exact) mass is 249 g/mol. The second-order valence-electron chi connectivity index (χ2n) is 3.79. The molecule has 0 spiro atoms. The lowest BCUT2D eigenvalue weighted by atomic mass is 10.3. The van der Waals surface area contributed by atoms with Gasteiger partial charge in [-0.3, -0.25) is 4.79 Å². The number of thiophene rings is 1. The average Bonchev–Trinajstić information content (AvgIpc) is 2.73. The highest BCUT2D eigenvalue weighted by molar-refractivity contribution is 7.10. The summed E-state index contributed by atoms with van der Waals surface area (Å²) in [5.41, 5.74) is 1.26. The Kier molecular flexibility index (Phi) is 4.06. The van der Waals surface area contributed by atoms with Gasteiger partial charge in [-0.1, -0.05) is 0 Å². The molecule has 0 saturated carbocycles. The fourth-order valence-corrected chi connectivity index (χ4v) is 2.40. The van der Waals surface area contributed by atoms with Gasteiger partial charge in [0.2, 0.25) is 0 Å². The van der Waals surface area contributed by atoms with Gasteiger partial charge in [0.15, 0.2) is 0 Å². The summed E-state index contributed by atoms with van der Waals surface area (Å²) in [5, 5.41) is 9.41. The third-order valence-electron chi connectivity index (χ3n) is 2.54. The van der Waals surface area contributed by atoms with Gasteiger partial charge in [-0.05, 0) is 30.0 Å². The van der Waals surface area contributed by atoms with Gasteiger partial charge < -0.3 is 5.32 Å². The van der Waals surface area contributed by atoms with Crippen molar-refractivity contribution in [3.63, 3.8) is 0 Å². The molecular weight excluding hydrogens is 234 g/mol. The van der Waals surface area contributed by atoms with E-state index < -0.39 is 0 Å². The van der Waals surface area contributed by atoms with E-state index >= 15 is 0 Å². The lowest BCUT2D eigenvalue weighted by Gasteiger charge is -2.05. The van der Waals surface area contributed by atoms with Crippen LogP contribution < -0.4 is 10.9 Å². The molecule has 0 bridgehead atoms. The maximum absolute atomic E-state index is 11.4. The topological polar surface area (TPSA) is 46.9 Å². The minimum Gasteiger partial charge on any atom is -0.310 e. The van der Waals surface area contributed by atoms with Crippen LogP contribution in [0.1, 0.15) is 10.4 Å². The Morgan fingerprint density at radius 2 is 2.35 bits per heavy atom. The first-order chi connectivity index (χ1) is 8.27. The fourth-order valence-electron chi connectivity index (χ4n) is 1.53. The minimum absolute atomic E-state index is 0.0541. The number of aromatic nitrogens is 2. The molecular formula is C12H15N3OS. The Bertz CT molecular complexity index is 532. The van der Waals surface area contributed by atoms with E-state index in [0.29, 0.717) is 6.54 Å². The first kappa shape index (κ1) is 12.0. The standard InChI is InChI=1S/C12H15N3OS/c1-10-4-8-17-11(10)9-13-6-7-15-12(16)3-2-5-14-15/h2-5,8,13H,6-7,9H2,1H3. The second kappa shape index (κ2) is 5.75. The summed E-state index contributed by atoms with van der Waals surface area (Å²) in [6.45, 7) is 4.31. The Morgan fingerprint density at radius 1 is 1.47 bits per heavy atom. The highest BCUT2D eigenvalue weighted by Gasteiger charge is 1.99.